The number of hydrogen-bond acceptors (Lipinski definition) is 7. The highest BCUT2D eigenvalue weighted by Crippen LogP contribution is 2.34. The Balaban J connectivity index is 1.58. The lowest BCUT2D eigenvalue weighted by Crippen LogP contribution is -2.43. The van der Waals surface area contributed by atoms with Gasteiger partial charge in [0.05, 0.1) is 23.8 Å². The minimum atomic E-state index is -1.16. The first kappa shape index (κ1) is 31.8. The van der Waals surface area contributed by atoms with E-state index in [1.54, 1.807) is 32.0 Å². The topological polar surface area (TPSA) is 126 Å². The van der Waals surface area contributed by atoms with Crippen molar-refractivity contribution in [2.24, 2.45) is 0 Å². The Morgan fingerprint density at radius 3 is 2.09 bits per heavy atom. The first-order valence-electron chi connectivity index (χ1n) is 14.1. The minimum absolute atomic E-state index is 0.000794. The van der Waals surface area contributed by atoms with Crippen LogP contribution in [-0.2, 0) is 29.2 Å². The highest BCUT2D eigenvalue weighted by atomic mass is 16.5. The number of rotatable bonds is 12. The van der Waals surface area contributed by atoms with Crippen LogP contribution in [0.15, 0.2) is 91.0 Å². The van der Waals surface area contributed by atoms with Gasteiger partial charge in [0, 0.05) is 12.0 Å². The van der Waals surface area contributed by atoms with E-state index in [4.69, 9.17) is 20.8 Å². The van der Waals surface area contributed by atoms with Crippen molar-refractivity contribution < 1.29 is 23.8 Å². The molecular weight excluding hydrogens is 568 g/mol. The van der Waals surface area contributed by atoms with E-state index in [2.05, 4.69) is 16.2 Å². The summed E-state index contributed by atoms with van der Waals surface area (Å²) in [5, 5.41) is 22.2. The van der Waals surface area contributed by atoms with Crippen molar-refractivity contribution in [2.75, 3.05) is 0 Å². The van der Waals surface area contributed by atoms with E-state index in [1.807, 2.05) is 66.7 Å². The average Bonchev–Trinajstić information content (AvgIpc) is 3.06. The number of benzene rings is 4. The molecule has 9 heteroatoms. The second kappa shape index (κ2) is 15.4. The lowest BCUT2D eigenvalue weighted by atomic mass is 10.0. The molecule has 0 bridgehead atoms. The fourth-order valence-corrected chi connectivity index (χ4v) is 4.42. The Hall–Kier alpha value is -6.11. The zero-order valence-corrected chi connectivity index (χ0v) is 24.8. The maximum Gasteiger partial charge on any atom is 0.329 e. The van der Waals surface area contributed by atoms with E-state index < -0.39 is 17.9 Å². The van der Waals surface area contributed by atoms with Gasteiger partial charge in [0.1, 0.15) is 42.9 Å². The van der Waals surface area contributed by atoms with E-state index in [0.29, 0.717) is 11.3 Å². The van der Waals surface area contributed by atoms with Crippen LogP contribution in [-0.4, -0.2) is 24.0 Å². The predicted octanol–water partition coefficient (Wildman–Crippen LogP) is 6.43. The van der Waals surface area contributed by atoms with Crippen LogP contribution in [0.2, 0.25) is 0 Å². The van der Waals surface area contributed by atoms with Gasteiger partial charge in [-0.25, -0.2) is 9.64 Å². The summed E-state index contributed by atoms with van der Waals surface area (Å²) in [6, 6.07) is 29.2. The number of nitrogens with one attached hydrogen (secondary N) is 1. The second-order valence-electron chi connectivity index (χ2n) is 10.3. The summed E-state index contributed by atoms with van der Waals surface area (Å²) in [6.07, 6.45) is -0.294. The molecule has 1 atom stereocenters. The molecule has 1 unspecified atom stereocenters. The van der Waals surface area contributed by atoms with E-state index in [-0.39, 0.29) is 53.9 Å². The molecule has 4 rings (SSSR count). The van der Waals surface area contributed by atoms with Crippen LogP contribution in [0.5, 0.6) is 11.5 Å². The average molecular weight is 599 g/mol. The van der Waals surface area contributed by atoms with Crippen molar-refractivity contribution in [1.29, 1.82) is 10.5 Å². The molecule has 1 amide bonds. The van der Waals surface area contributed by atoms with Crippen molar-refractivity contribution in [3.8, 4) is 23.6 Å². The fourth-order valence-electron chi connectivity index (χ4n) is 4.42. The number of hydrogen-bond donors (Lipinski definition) is 1. The summed E-state index contributed by atoms with van der Waals surface area (Å²) >= 11 is 0. The Bertz CT molecular complexity index is 1750. The predicted molar refractivity (Wildman–Crippen MR) is 166 cm³/mol. The van der Waals surface area contributed by atoms with Gasteiger partial charge in [-0.05, 0) is 54.8 Å². The number of nitriles is 2. The van der Waals surface area contributed by atoms with Crippen molar-refractivity contribution in [2.45, 2.75) is 45.6 Å². The fraction of sp³-hybridized carbons (Fsp3) is 0.194. The van der Waals surface area contributed by atoms with E-state index in [1.165, 1.54) is 12.1 Å². The van der Waals surface area contributed by atoms with Crippen LogP contribution >= 0.6 is 0 Å². The smallest absolute Gasteiger partial charge is 0.329 e. The van der Waals surface area contributed by atoms with Gasteiger partial charge in [-0.1, -0.05) is 66.7 Å². The molecular formula is C36H30N4O5. The van der Waals surface area contributed by atoms with Crippen LogP contribution in [0.4, 0.5) is 5.69 Å². The summed E-state index contributed by atoms with van der Waals surface area (Å²) in [4.78, 5) is 30.2. The van der Waals surface area contributed by atoms with Crippen LogP contribution in [0.3, 0.4) is 0 Å². The molecule has 1 N–H and O–H groups in total. The van der Waals surface area contributed by atoms with Crippen LogP contribution in [0, 0.1) is 29.2 Å². The van der Waals surface area contributed by atoms with Crippen molar-refractivity contribution in [3.05, 3.63) is 136 Å². The Labute approximate surface area is 262 Å². The molecule has 0 saturated carbocycles. The molecule has 0 fully saturated rings. The number of ether oxygens (including phenoxy) is 3. The minimum Gasteiger partial charge on any atom is -0.501 e. The summed E-state index contributed by atoms with van der Waals surface area (Å²) in [5.74, 6) is -0.897. The van der Waals surface area contributed by atoms with Gasteiger partial charge >= 0.3 is 5.97 Å². The third kappa shape index (κ3) is 8.70. The lowest BCUT2D eigenvalue weighted by Gasteiger charge is -2.19. The molecule has 0 spiro atoms. The first-order valence-corrected chi connectivity index (χ1v) is 14.1. The van der Waals surface area contributed by atoms with Gasteiger partial charge in [0.2, 0.25) is 5.69 Å². The van der Waals surface area contributed by atoms with Gasteiger partial charge in [-0.3, -0.25) is 4.79 Å². The number of amides is 1. The standard InChI is InChI=1S/C36H30N4O5/c1-24(2)45-34-30(21-38)18-28(19-31(34)39-3)35(41)40-32(36(42)44-23-26-12-8-5-9-13-26)17-27-14-15-33(29(16-27)20-37)43-22-25-10-6-4-7-11-25/h4-16,18-19,24,32H,17,22-23H2,1-2H3,(H,40,41). The Morgan fingerprint density at radius 2 is 1.49 bits per heavy atom. The highest BCUT2D eigenvalue weighted by Gasteiger charge is 2.26. The van der Waals surface area contributed by atoms with Gasteiger partial charge in [0.25, 0.3) is 5.91 Å². The molecule has 0 aliphatic heterocycles. The Morgan fingerprint density at radius 1 is 0.844 bits per heavy atom. The SMILES string of the molecule is [C-]#[N+]c1cc(C(=O)NC(Cc2ccc(OCc3ccccc3)c(C#N)c2)C(=O)OCc2ccccc2)cc(C#N)c1OC(C)C. The van der Waals surface area contributed by atoms with E-state index in [0.717, 1.165) is 11.1 Å². The molecule has 0 aliphatic rings. The van der Waals surface area contributed by atoms with Crippen LogP contribution in [0.1, 0.15) is 52.0 Å². The molecule has 0 radical (unpaired) electrons. The third-order valence-corrected chi connectivity index (χ3v) is 6.58. The van der Waals surface area contributed by atoms with Crippen molar-refractivity contribution >= 4 is 17.6 Å². The molecule has 0 aromatic heterocycles. The highest BCUT2D eigenvalue weighted by molar-refractivity contribution is 5.98. The molecule has 0 saturated heterocycles. The van der Waals surface area contributed by atoms with Crippen LogP contribution < -0.4 is 14.8 Å². The van der Waals surface area contributed by atoms with Crippen molar-refractivity contribution in [3.63, 3.8) is 0 Å². The molecule has 4 aromatic rings. The maximum absolute atomic E-state index is 13.4. The van der Waals surface area contributed by atoms with E-state index in [9.17, 15) is 20.1 Å². The maximum atomic E-state index is 13.4. The molecule has 45 heavy (non-hydrogen) atoms. The summed E-state index contributed by atoms with van der Waals surface area (Å²) < 4.78 is 17.1. The zero-order valence-electron chi connectivity index (χ0n) is 24.8. The van der Waals surface area contributed by atoms with E-state index >= 15 is 0 Å². The summed E-state index contributed by atoms with van der Waals surface area (Å²) in [5.41, 5.74) is 2.60. The Kier molecular flexibility index (Phi) is 10.9. The third-order valence-electron chi connectivity index (χ3n) is 6.58. The lowest BCUT2D eigenvalue weighted by molar-refractivity contribution is -0.147. The molecule has 0 aliphatic carbocycles. The van der Waals surface area contributed by atoms with Crippen molar-refractivity contribution in [1.82, 2.24) is 5.32 Å². The summed E-state index contributed by atoms with van der Waals surface area (Å²) in [7, 11) is 0. The van der Waals surface area contributed by atoms with Gasteiger partial charge in [0.15, 0.2) is 0 Å². The zero-order chi connectivity index (χ0) is 32.2. The molecule has 4 aromatic carbocycles. The summed E-state index contributed by atoms with van der Waals surface area (Å²) in [6.45, 7) is 11.4. The normalized spacial score (nSPS) is 10.9. The van der Waals surface area contributed by atoms with Gasteiger partial charge in [-0.15, -0.1) is 0 Å². The van der Waals surface area contributed by atoms with Gasteiger partial charge in [-0.2, -0.15) is 10.5 Å². The second-order valence-corrected chi connectivity index (χ2v) is 10.3. The number of nitrogens with zero attached hydrogens (tertiary/aromatic N) is 3. The molecule has 0 heterocycles. The molecule has 224 valence electrons. The quantitative estimate of drug-likeness (QED) is 0.147. The molecule has 9 nitrogen and oxygen atoms in total. The number of carbonyl (C=O) groups excluding carboxylic acids is 2. The number of carbonyl (C=O) groups is 2. The largest absolute Gasteiger partial charge is 0.501 e. The van der Waals surface area contributed by atoms with Gasteiger partial charge < -0.3 is 19.5 Å². The number of esters is 1. The first-order chi connectivity index (χ1) is 21.8. The monoisotopic (exact) mass is 598 g/mol. The van der Waals surface area contributed by atoms with Crippen LogP contribution in [0.25, 0.3) is 4.85 Å².